The van der Waals surface area contributed by atoms with E-state index in [1.54, 1.807) is 27.0 Å². The van der Waals surface area contributed by atoms with Crippen LogP contribution in [0.4, 0.5) is 0 Å². The SMILES string of the molecule is CC[C@H](C)NC(=O)[C@@H](C)NC(=O)c1cc2cc(OC)ccc2nc1C. The molecule has 6 heteroatoms. The third-order valence-corrected chi connectivity index (χ3v) is 4.20. The number of aryl methyl sites for hydroxylation is 1. The van der Waals surface area contributed by atoms with Crippen molar-refractivity contribution in [1.29, 1.82) is 0 Å². The maximum atomic E-state index is 12.6. The molecule has 0 saturated heterocycles. The smallest absolute Gasteiger partial charge is 0.253 e. The minimum absolute atomic E-state index is 0.0726. The molecule has 0 aliphatic carbocycles. The molecular weight excluding hydrogens is 318 g/mol. The molecule has 2 aromatic rings. The molecule has 1 heterocycles. The first-order valence-corrected chi connectivity index (χ1v) is 8.42. The maximum absolute atomic E-state index is 12.6. The number of aromatic nitrogens is 1. The largest absolute Gasteiger partial charge is 0.497 e. The molecule has 1 aromatic heterocycles. The molecule has 0 aliphatic heterocycles. The number of carbonyl (C=O) groups is 2. The Bertz CT molecular complexity index is 789. The van der Waals surface area contributed by atoms with Crippen molar-refractivity contribution in [2.45, 2.75) is 46.2 Å². The van der Waals surface area contributed by atoms with Crippen molar-refractivity contribution in [2.24, 2.45) is 0 Å². The van der Waals surface area contributed by atoms with E-state index in [1.165, 1.54) is 0 Å². The third kappa shape index (κ3) is 4.47. The number of ether oxygens (including phenoxy) is 1. The van der Waals surface area contributed by atoms with Gasteiger partial charge in [0, 0.05) is 11.4 Å². The highest BCUT2D eigenvalue weighted by atomic mass is 16.5. The molecule has 0 spiro atoms. The minimum Gasteiger partial charge on any atom is -0.497 e. The number of methoxy groups -OCH3 is 1. The van der Waals surface area contributed by atoms with Gasteiger partial charge in [0.05, 0.1) is 23.9 Å². The summed E-state index contributed by atoms with van der Waals surface area (Å²) in [6.07, 6.45) is 0.835. The normalized spacial score (nSPS) is 13.2. The van der Waals surface area contributed by atoms with Crippen molar-refractivity contribution < 1.29 is 14.3 Å². The molecule has 25 heavy (non-hydrogen) atoms. The van der Waals surface area contributed by atoms with Gasteiger partial charge in [-0.1, -0.05) is 6.92 Å². The van der Waals surface area contributed by atoms with Gasteiger partial charge < -0.3 is 15.4 Å². The number of nitrogens with one attached hydrogen (secondary N) is 2. The number of nitrogens with zero attached hydrogens (tertiary/aromatic N) is 1. The Kier molecular flexibility index (Phi) is 5.96. The quantitative estimate of drug-likeness (QED) is 0.845. The van der Waals surface area contributed by atoms with Gasteiger partial charge in [-0.3, -0.25) is 14.6 Å². The maximum Gasteiger partial charge on any atom is 0.253 e. The number of carbonyl (C=O) groups excluding carboxylic acids is 2. The number of amides is 2. The fourth-order valence-corrected chi connectivity index (χ4v) is 2.42. The molecule has 0 fully saturated rings. The van der Waals surface area contributed by atoms with E-state index >= 15 is 0 Å². The van der Waals surface area contributed by atoms with Gasteiger partial charge >= 0.3 is 0 Å². The first-order chi connectivity index (χ1) is 11.8. The Morgan fingerprint density at radius 1 is 1.20 bits per heavy atom. The lowest BCUT2D eigenvalue weighted by molar-refractivity contribution is -0.123. The molecule has 2 amide bonds. The molecule has 0 bridgehead atoms. The van der Waals surface area contributed by atoms with Gasteiger partial charge in [-0.25, -0.2) is 0 Å². The third-order valence-electron chi connectivity index (χ3n) is 4.20. The number of rotatable bonds is 6. The second-order valence-electron chi connectivity index (χ2n) is 6.19. The molecule has 2 atom stereocenters. The Morgan fingerprint density at radius 3 is 2.56 bits per heavy atom. The van der Waals surface area contributed by atoms with Crippen LogP contribution in [-0.4, -0.2) is 36.0 Å². The molecule has 2 rings (SSSR count). The second-order valence-corrected chi connectivity index (χ2v) is 6.19. The van der Waals surface area contributed by atoms with E-state index in [0.717, 1.165) is 17.3 Å². The highest BCUT2D eigenvalue weighted by molar-refractivity contribution is 6.00. The van der Waals surface area contributed by atoms with E-state index < -0.39 is 6.04 Å². The molecule has 6 nitrogen and oxygen atoms in total. The first-order valence-electron chi connectivity index (χ1n) is 8.42. The van der Waals surface area contributed by atoms with Crippen LogP contribution < -0.4 is 15.4 Å². The van der Waals surface area contributed by atoms with Gasteiger partial charge in [0.2, 0.25) is 5.91 Å². The summed E-state index contributed by atoms with van der Waals surface area (Å²) < 4.78 is 5.22. The zero-order valence-corrected chi connectivity index (χ0v) is 15.3. The van der Waals surface area contributed by atoms with Crippen LogP contribution in [0.5, 0.6) is 5.75 Å². The molecule has 0 radical (unpaired) electrons. The number of hydrogen-bond acceptors (Lipinski definition) is 4. The summed E-state index contributed by atoms with van der Waals surface area (Å²) in [4.78, 5) is 29.1. The summed E-state index contributed by atoms with van der Waals surface area (Å²) in [6.45, 7) is 7.37. The number of pyridine rings is 1. The van der Waals surface area contributed by atoms with Gasteiger partial charge in [0.25, 0.3) is 5.91 Å². The summed E-state index contributed by atoms with van der Waals surface area (Å²) in [5.41, 5.74) is 1.85. The Labute approximate surface area is 148 Å². The second kappa shape index (κ2) is 7.96. The number of benzene rings is 1. The van der Waals surface area contributed by atoms with Crippen LogP contribution in [0.25, 0.3) is 10.9 Å². The number of fused-ring (bicyclic) bond motifs is 1. The summed E-state index contributed by atoms with van der Waals surface area (Å²) >= 11 is 0. The molecule has 134 valence electrons. The predicted octanol–water partition coefficient (Wildman–Crippen LogP) is 2.58. The van der Waals surface area contributed by atoms with Crippen molar-refractivity contribution >= 4 is 22.7 Å². The van der Waals surface area contributed by atoms with Crippen molar-refractivity contribution in [1.82, 2.24) is 15.6 Å². The fourth-order valence-electron chi connectivity index (χ4n) is 2.42. The van der Waals surface area contributed by atoms with Crippen molar-refractivity contribution in [3.8, 4) is 5.75 Å². The van der Waals surface area contributed by atoms with Crippen molar-refractivity contribution in [3.63, 3.8) is 0 Å². The average Bonchev–Trinajstić information content (AvgIpc) is 2.60. The summed E-state index contributed by atoms with van der Waals surface area (Å²) in [5, 5.41) is 6.41. The molecule has 0 aliphatic rings. The lowest BCUT2D eigenvalue weighted by atomic mass is 10.1. The Hall–Kier alpha value is -2.63. The van der Waals surface area contributed by atoms with Crippen LogP contribution >= 0.6 is 0 Å². The van der Waals surface area contributed by atoms with Gasteiger partial charge in [0.15, 0.2) is 0 Å². The van der Waals surface area contributed by atoms with E-state index in [4.69, 9.17) is 4.74 Å². The molecule has 0 saturated carbocycles. The van der Waals surface area contributed by atoms with Gasteiger partial charge in [-0.15, -0.1) is 0 Å². The molecule has 0 unspecified atom stereocenters. The summed E-state index contributed by atoms with van der Waals surface area (Å²) in [5.74, 6) is 0.183. The predicted molar refractivity (Wildman–Crippen MR) is 97.9 cm³/mol. The van der Waals surface area contributed by atoms with Crippen LogP contribution in [0.3, 0.4) is 0 Å². The van der Waals surface area contributed by atoms with E-state index in [1.807, 2.05) is 32.0 Å². The standard InChI is InChI=1S/C19H25N3O3/c1-6-11(2)20-18(23)13(4)22-19(24)16-10-14-9-15(25-5)7-8-17(14)21-12(16)3/h7-11,13H,6H2,1-5H3,(H,20,23)(H,22,24)/t11-,13+/m0/s1. The minimum atomic E-state index is -0.623. The van der Waals surface area contributed by atoms with Crippen molar-refractivity contribution in [2.75, 3.05) is 7.11 Å². The summed E-state index contributed by atoms with van der Waals surface area (Å²) in [6, 6.07) is 6.73. The average molecular weight is 343 g/mol. The van der Waals surface area contributed by atoms with E-state index in [0.29, 0.717) is 17.0 Å². The Balaban J connectivity index is 2.20. The fraction of sp³-hybridized carbons (Fsp3) is 0.421. The number of hydrogen-bond donors (Lipinski definition) is 2. The molecule has 2 N–H and O–H groups in total. The van der Waals surface area contributed by atoms with Crippen LogP contribution in [0, 0.1) is 6.92 Å². The van der Waals surface area contributed by atoms with Crippen LogP contribution in [0.15, 0.2) is 24.3 Å². The lowest BCUT2D eigenvalue weighted by Crippen LogP contribution is -2.47. The van der Waals surface area contributed by atoms with E-state index in [2.05, 4.69) is 15.6 Å². The summed E-state index contributed by atoms with van der Waals surface area (Å²) in [7, 11) is 1.59. The highest BCUT2D eigenvalue weighted by Crippen LogP contribution is 2.22. The Morgan fingerprint density at radius 2 is 1.92 bits per heavy atom. The van der Waals surface area contributed by atoms with Gasteiger partial charge in [-0.05, 0) is 51.5 Å². The highest BCUT2D eigenvalue weighted by Gasteiger charge is 2.19. The monoisotopic (exact) mass is 343 g/mol. The zero-order chi connectivity index (χ0) is 18.6. The van der Waals surface area contributed by atoms with Crippen molar-refractivity contribution in [3.05, 3.63) is 35.5 Å². The van der Waals surface area contributed by atoms with E-state index in [-0.39, 0.29) is 17.9 Å². The molecular formula is C19H25N3O3. The zero-order valence-electron chi connectivity index (χ0n) is 15.3. The topological polar surface area (TPSA) is 80.3 Å². The van der Waals surface area contributed by atoms with E-state index in [9.17, 15) is 9.59 Å². The van der Waals surface area contributed by atoms with Crippen LogP contribution in [0.2, 0.25) is 0 Å². The molecule has 1 aromatic carbocycles. The first kappa shape index (κ1) is 18.7. The van der Waals surface area contributed by atoms with Gasteiger partial charge in [-0.2, -0.15) is 0 Å². The van der Waals surface area contributed by atoms with Crippen LogP contribution in [0.1, 0.15) is 43.2 Å². The van der Waals surface area contributed by atoms with Crippen LogP contribution in [-0.2, 0) is 4.79 Å². The van der Waals surface area contributed by atoms with Gasteiger partial charge in [0.1, 0.15) is 11.8 Å². The lowest BCUT2D eigenvalue weighted by Gasteiger charge is -2.18.